The van der Waals surface area contributed by atoms with E-state index in [-0.39, 0.29) is 5.54 Å². The highest BCUT2D eigenvalue weighted by Gasteiger charge is 2.19. The first-order valence-electron chi connectivity index (χ1n) is 6.83. The van der Waals surface area contributed by atoms with Crippen LogP contribution < -0.4 is 10.6 Å². The molecule has 0 saturated carbocycles. The zero-order chi connectivity index (χ0) is 13.6. The first-order valence-corrected chi connectivity index (χ1v) is 6.83. The Morgan fingerprint density at radius 2 is 1.78 bits per heavy atom. The average Bonchev–Trinajstić information content (AvgIpc) is 2.31. The second kappa shape index (κ2) is 6.57. The van der Waals surface area contributed by atoms with E-state index in [1.807, 2.05) is 7.05 Å². The molecule has 0 aliphatic rings. The van der Waals surface area contributed by atoms with Crippen LogP contribution in [0, 0.1) is 0 Å². The summed E-state index contributed by atoms with van der Waals surface area (Å²) in [6.07, 6.45) is 5.98. The van der Waals surface area contributed by atoms with Gasteiger partial charge in [0.25, 0.3) is 0 Å². The fourth-order valence-electron chi connectivity index (χ4n) is 2.23. The number of nitrogens with one attached hydrogen (secondary N) is 2. The van der Waals surface area contributed by atoms with Crippen molar-refractivity contribution in [1.29, 1.82) is 0 Å². The highest BCUT2D eigenvalue weighted by molar-refractivity contribution is 5.58. The molecule has 0 aliphatic carbocycles. The van der Waals surface area contributed by atoms with Crippen molar-refractivity contribution in [3.05, 3.63) is 11.9 Å². The molecular weight excluding hydrogens is 224 g/mol. The lowest BCUT2D eigenvalue weighted by atomic mass is 9.98. The van der Waals surface area contributed by atoms with Crippen LogP contribution in [0.15, 0.2) is 6.33 Å². The molecule has 4 heteroatoms. The monoisotopic (exact) mass is 250 g/mol. The van der Waals surface area contributed by atoms with Crippen LogP contribution in [-0.4, -0.2) is 22.6 Å². The van der Waals surface area contributed by atoms with Crippen molar-refractivity contribution in [2.45, 2.75) is 58.9 Å². The second-order valence-electron chi connectivity index (χ2n) is 5.31. The van der Waals surface area contributed by atoms with E-state index in [9.17, 15) is 0 Å². The Balaban J connectivity index is 3.00. The molecule has 18 heavy (non-hydrogen) atoms. The lowest BCUT2D eigenvalue weighted by Crippen LogP contribution is -2.31. The molecule has 0 bridgehead atoms. The van der Waals surface area contributed by atoms with Gasteiger partial charge in [-0.15, -0.1) is 0 Å². The van der Waals surface area contributed by atoms with Crippen molar-refractivity contribution < 1.29 is 0 Å². The molecule has 1 heterocycles. The highest BCUT2D eigenvalue weighted by atomic mass is 15.1. The van der Waals surface area contributed by atoms with Crippen LogP contribution in [0.3, 0.4) is 0 Å². The van der Waals surface area contributed by atoms with E-state index in [0.717, 1.165) is 37.3 Å². The molecular formula is C14H26N4. The van der Waals surface area contributed by atoms with Crippen LogP contribution >= 0.6 is 0 Å². The van der Waals surface area contributed by atoms with E-state index >= 15 is 0 Å². The summed E-state index contributed by atoms with van der Waals surface area (Å²) in [5.74, 6) is 1.90. The number of hydrogen-bond donors (Lipinski definition) is 2. The quantitative estimate of drug-likeness (QED) is 0.778. The predicted octanol–water partition coefficient (Wildman–Crippen LogP) is 3.46. The molecule has 0 saturated heterocycles. The molecule has 0 aliphatic heterocycles. The van der Waals surface area contributed by atoms with Crippen LogP contribution in [0.1, 0.15) is 52.5 Å². The standard InChI is InChI=1S/C14H26N4/c1-6-8-11-12(15-5)16-10-17-13(11)18-14(3,4)9-7-2/h10H,6-9H2,1-5H3,(H2,15,16,17,18). The van der Waals surface area contributed by atoms with E-state index in [0.29, 0.717) is 0 Å². The summed E-state index contributed by atoms with van der Waals surface area (Å²) in [7, 11) is 1.91. The Hall–Kier alpha value is -1.32. The fourth-order valence-corrected chi connectivity index (χ4v) is 2.23. The normalized spacial score (nSPS) is 11.4. The zero-order valence-electron chi connectivity index (χ0n) is 12.3. The lowest BCUT2D eigenvalue weighted by Gasteiger charge is -2.28. The SMILES string of the molecule is CCCc1c(NC)ncnc1NC(C)(C)CCC. The molecule has 102 valence electrons. The van der Waals surface area contributed by atoms with Gasteiger partial charge in [0.1, 0.15) is 18.0 Å². The number of anilines is 2. The summed E-state index contributed by atoms with van der Waals surface area (Å²) in [5.41, 5.74) is 1.25. The van der Waals surface area contributed by atoms with Crippen molar-refractivity contribution in [3.8, 4) is 0 Å². The van der Waals surface area contributed by atoms with E-state index in [4.69, 9.17) is 0 Å². The van der Waals surface area contributed by atoms with E-state index in [1.54, 1.807) is 6.33 Å². The minimum Gasteiger partial charge on any atom is -0.373 e. The summed E-state index contributed by atoms with van der Waals surface area (Å²) in [6.45, 7) is 8.81. The minimum atomic E-state index is 0.0661. The maximum absolute atomic E-state index is 4.41. The largest absolute Gasteiger partial charge is 0.373 e. The Morgan fingerprint density at radius 1 is 1.11 bits per heavy atom. The number of rotatable bonds is 7. The molecule has 2 N–H and O–H groups in total. The van der Waals surface area contributed by atoms with Crippen LogP contribution in [-0.2, 0) is 6.42 Å². The third-order valence-electron chi connectivity index (χ3n) is 3.01. The van der Waals surface area contributed by atoms with Crippen molar-refractivity contribution >= 4 is 11.6 Å². The Kier molecular flexibility index (Phi) is 5.38. The number of aromatic nitrogens is 2. The highest BCUT2D eigenvalue weighted by Crippen LogP contribution is 2.25. The van der Waals surface area contributed by atoms with Gasteiger partial charge in [0.15, 0.2) is 0 Å². The van der Waals surface area contributed by atoms with Gasteiger partial charge < -0.3 is 10.6 Å². The van der Waals surface area contributed by atoms with Crippen molar-refractivity contribution in [1.82, 2.24) is 9.97 Å². The first-order chi connectivity index (χ1) is 8.54. The van der Waals surface area contributed by atoms with Crippen LogP contribution in [0.25, 0.3) is 0 Å². The Bertz CT molecular complexity index is 374. The minimum absolute atomic E-state index is 0.0661. The maximum atomic E-state index is 4.41. The van der Waals surface area contributed by atoms with Crippen molar-refractivity contribution in [2.24, 2.45) is 0 Å². The molecule has 1 aromatic heterocycles. The van der Waals surface area contributed by atoms with Gasteiger partial charge in [0.05, 0.1) is 0 Å². The third-order valence-corrected chi connectivity index (χ3v) is 3.01. The van der Waals surface area contributed by atoms with Gasteiger partial charge in [-0.05, 0) is 26.7 Å². The maximum Gasteiger partial charge on any atom is 0.135 e. The lowest BCUT2D eigenvalue weighted by molar-refractivity contribution is 0.508. The van der Waals surface area contributed by atoms with Gasteiger partial charge in [0, 0.05) is 18.2 Å². The molecule has 0 amide bonds. The molecule has 0 atom stereocenters. The summed E-state index contributed by atoms with van der Waals surface area (Å²) >= 11 is 0. The fraction of sp³-hybridized carbons (Fsp3) is 0.714. The summed E-state index contributed by atoms with van der Waals surface area (Å²) < 4.78 is 0. The summed E-state index contributed by atoms with van der Waals surface area (Å²) in [4.78, 5) is 8.70. The van der Waals surface area contributed by atoms with Crippen LogP contribution in [0.5, 0.6) is 0 Å². The van der Waals surface area contributed by atoms with Crippen molar-refractivity contribution in [2.75, 3.05) is 17.7 Å². The van der Waals surface area contributed by atoms with Crippen LogP contribution in [0.4, 0.5) is 11.6 Å². The van der Waals surface area contributed by atoms with Gasteiger partial charge in [0.2, 0.25) is 0 Å². The van der Waals surface area contributed by atoms with Gasteiger partial charge in [-0.25, -0.2) is 9.97 Å². The Morgan fingerprint density at radius 3 is 2.33 bits per heavy atom. The first kappa shape index (κ1) is 14.7. The summed E-state index contributed by atoms with van der Waals surface area (Å²) in [5, 5.41) is 6.70. The number of nitrogens with zero attached hydrogens (tertiary/aromatic N) is 2. The van der Waals surface area contributed by atoms with Gasteiger partial charge in [-0.3, -0.25) is 0 Å². The van der Waals surface area contributed by atoms with E-state index in [2.05, 4.69) is 48.3 Å². The van der Waals surface area contributed by atoms with Crippen molar-refractivity contribution in [3.63, 3.8) is 0 Å². The molecule has 1 aromatic rings. The molecule has 4 nitrogen and oxygen atoms in total. The topological polar surface area (TPSA) is 49.8 Å². The van der Waals surface area contributed by atoms with Gasteiger partial charge in [-0.1, -0.05) is 26.7 Å². The third kappa shape index (κ3) is 3.86. The Labute approximate surface area is 111 Å². The molecule has 0 unspecified atom stereocenters. The molecule has 0 radical (unpaired) electrons. The zero-order valence-corrected chi connectivity index (χ0v) is 12.3. The molecule has 1 rings (SSSR count). The predicted molar refractivity (Wildman–Crippen MR) is 78.2 cm³/mol. The molecule has 0 aromatic carbocycles. The second-order valence-corrected chi connectivity index (χ2v) is 5.31. The van der Waals surface area contributed by atoms with Crippen LogP contribution in [0.2, 0.25) is 0 Å². The van der Waals surface area contributed by atoms with E-state index < -0.39 is 0 Å². The smallest absolute Gasteiger partial charge is 0.135 e. The average molecular weight is 250 g/mol. The summed E-state index contributed by atoms with van der Waals surface area (Å²) in [6, 6.07) is 0. The van der Waals surface area contributed by atoms with E-state index in [1.165, 1.54) is 5.56 Å². The van der Waals surface area contributed by atoms with Gasteiger partial charge in [-0.2, -0.15) is 0 Å². The molecule has 0 fully saturated rings. The van der Waals surface area contributed by atoms with Gasteiger partial charge >= 0.3 is 0 Å². The molecule has 0 spiro atoms. The number of hydrogen-bond acceptors (Lipinski definition) is 4.